The third-order valence-electron chi connectivity index (χ3n) is 5.93. The highest BCUT2D eigenvalue weighted by molar-refractivity contribution is 9.10. The van der Waals surface area contributed by atoms with Crippen molar-refractivity contribution >= 4 is 15.9 Å². The molecule has 0 amide bonds. The van der Waals surface area contributed by atoms with Crippen LogP contribution < -0.4 is 0 Å². The average molecular weight is 538 g/mol. The number of hydrogen-bond donors (Lipinski definition) is 1. The summed E-state index contributed by atoms with van der Waals surface area (Å²) in [7, 11) is 0. The summed E-state index contributed by atoms with van der Waals surface area (Å²) in [6, 6.07) is 15.7. The van der Waals surface area contributed by atoms with E-state index in [1.54, 1.807) is 25.1 Å². The Bertz CT molecular complexity index is 1320. The van der Waals surface area contributed by atoms with Gasteiger partial charge in [-0.25, -0.2) is 9.67 Å². The van der Waals surface area contributed by atoms with Crippen LogP contribution in [0.15, 0.2) is 58.1 Å². The van der Waals surface area contributed by atoms with E-state index in [0.29, 0.717) is 17.1 Å². The number of nitrogens with zero attached hydrogens (tertiary/aromatic N) is 7. The predicted molar refractivity (Wildman–Crippen MR) is 125 cm³/mol. The molecular formula is C23H20BrN7O4. The van der Waals surface area contributed by atoms with Crippen molar-refractivity contribution in [1.82, 2.24) is 14.8 Å². The number of nitriles is 1. The van der Waals surface area contributed by atoms with Gasteiger partial charge < -0.3 is 19.3 Å². The highest BCUT2D eigenvalue weighted by atomic mass is 79.9. The smallest absolute Gasteiger partial charge is 0.184 e. The van der Waals surface area contributed by atoms with Crippen molar-refractivity contribution in [2.75, 3.05) is 6.61 Å². The van der Waals surface area contributed by atoms with Gasteiger partial charge >= 0.3 is 0 Å². The fourth-order valence-electron chi connectivity index (χ4n) is 4.37. The maximum absolute atomic E-state index is 11.3. The monoisotopic (exact) mass is 537 g/mol. The summed E-state index contributed by atoms with van der Waals surface area (Å²) in [6.45, 7) is 1.85. The lowest BCUT2D eigenvalue weighted by Crippen LogP contribution is -2.58. The Hall–Kier alpha value is -3.30. The Balaban J connectivity index is 1.51. The number of fused-ring (bicyclic) bond motifs is 1. The van der Waals surface area contributed by atoms with Crippen LogP contribution in [-0.2, 0) is 14.2 Å². The van der Waals surface area contributed by atoms with Crippen LogP contribution in [0.2, 0.25) is 0 Å². The minimum atomic E-state index is -1.29. The Morgan fingerprint density at radius 1 is 1.26 bits per heavy atom. The largest absolute Gasteiger partial charge is 0.389 e. The summed E-state index contributed by atoms with van der Waals surface area (Å²) in [5.74, 6) is 0.689. The normalized spacial score (nSPS) is 27.9. The molecule has 3 aromatic rings. The second-order valence-electron chi connectivity index (χ2n) is 8.16. The van der Waals surface area contributed by atoms with Crippen molar-refractivity contribution in [2.45, 2.75) is 43.7 Å². The number of hydrogen-bond acceptors (Lipinski definition) is 8. The number of aliphatic hydroxyl groups is 1. The van der Waals surface area contributed by atoms with Crippen LogP contribution in [-0.4, -0.2) is 50.8 Å². The molecule has 35 heavy (non-hydrogen) atoms. The van der Waals surface area contributed by atoms with Gasteiger partial charge in [-0.3, -0.25) is 0 Å². The molecule has 4 unspecified atom stereocenters. The molecule has 178 valence electrons. The van der Waals surface area contributed by atoms with E-state index in [-0.39, 0.29) is 12.4 Å². The minimum absolute atomic E-state index is 0.151. The molecule has 2 aliphatic rings. The Morgan fingerprint density at radius 2 is 2.06 bits per heavy atom. The van der Waals surface area contributed by atoms with Gasteiger partial charge in [0.25, 0.3) is 0 Å². The van der Waals surface area contributed by atoms with E-state index in [0.717, 1.165) is 10.0 Å². The number of azide groups is 1. The predicted octanol–water partition coefficient (Wildman–Crippen LogP) is 3.80. The molecule has 11 nitrogen and oxygen atoms in total. The highest BCUT2D eigenvalue weighted by Gasteiger charge is 2.51. The zero-order valence-corrected chi connectivity index (χ0v) is 20.1. The Labute approximate surface area is 208 Å². The van der Waals surface area contributed by atoms with Crippen LogP contribution in [0.5, 0.6) is 0 Å². The topological polar surface area (TPSA) is 151 Å². The van der Waals surface area contributed by atoms with Gasteiger partial charge in [-0.05, 0) is 30.7 Å². The lowest BCUT2D eigenvalue weighted by molar-refractivity contribution is -0.309. The first-order chi connectivity index (χ1) is 17.0. The van der Waals surface area contributed by atoms with Gasteiger partial charge in [-0.15, -0.1) is 0 Å². The third-order valence-corrected chi connectivity index (χ3v) is 6.43. The van der Waals surface area contributed by atoms with Crippen LogP contribution in [0.4, 0.5) is 0 Å². The van der Waals surface area contributed by atoms with Gasteiger partial charge in [0.1, 0.15) is 30.2 Å². The first kappa shape index (κ1) is 23.4. The quantitative estimate of drug-likeness (QED) is 0.301. The maximum atomic E-state index is 11.3. The number of aryl methyl sites for hydroxylation is 1. The number of aromatic nitrogens is 3. The van der Waals surface area contributed by atoms with E-state index in [2.05, 4.69) is 42.1 Å². The zero-order chi connectivity index (χ0) is 24.5. The van der Waals surface area contributed by atoms with E-state index in [1.807, 2.05) is 30.3 Å². The molecular weight excluding hydrogens is 518 g/mol. The lowest BCUT2D eigenvalue weighted by Gasteiger charge is -2.46. The summed E-state index contributed by atoms with van der Waals surface area (Å²) in [4.78, 5) is 7.43. The molecule has 0 saturated carbocycles. The van der Waals surface area contributed by atoms with Crippen molar-refractivity contribution in [3.05, 3.63) is 86.2 Å². The molecule has 2 aliphatic heterocycles. The van der Waals surface area contributed by atoms with Crippen LogP contribution in [0.25, 0.3) is 16.1 Å². The molecule has 0 bridgehead atoms. The molecule has 1 N–H and O–H groups in total. The highest BCUT2D eigenvalue weighted by Crippen LogP contribution is 2.40. The van der Waals surface area contributed by atoms with Crippen molar-refractivity contribution in [1.29, 1.82) is 5.26 Å². The summed E-state index contributed by atoms with van der Waals surface area (Å²) in [5, 5.41) is 29.2. The second-order valence-corrected chi connectivity index (χ2v) is 9.08. The van der Waals surface area contributed by atoms with E-state index >= 15 is 0 Å². The molecule has 5 rings (SSSR count). The fourth-order valence-corrected chi connectivity index (χ4v) is 4.71. The lowest BCUT2D eigenvalue weighted by atomic mass is 9.91. The Kier molecular flexibility index (Phi) is 6.53. The molecule has 2 saturated heterocycles. The molecule has 0 aliphatic carbocycles. The fraction of sp³-hybridized carbons (Fsp3) is 0.348. The summed E-state index contributed by atoms with van der Waals surface area (Å²) >= 11 is 3.42. The maximum Gasteiger partial charge on any atom is 0.184 e. The number of benzene rings is 2. The summed E-state index contributed by atoms with van der Waals surface area (Å²) in [6.07, 6.45) is -4.37. The van der Waals surface area contributed by atoms with Gasteiger partial charge in [0, 0.05) is 14.9 Å². The van der Waals surface area contributed by atoms with Crippen LogP contribution in [0.1, 0.15) is 35.2 Å². The molecule has 0 radical (unpaired) electrons. The number of halogens is 1. The molecule has 2 fully saturated rings. The van der Waals surface area contributed by atoms with Crippen LogP contribution >= 0.6 is 15.9 Å². The minimum Gasteiger partial charge on any atom is -0.389 e. The molecule has 3 heterocycles. The number of ether oxygens (including phenoxy) is 3. The van der Waals surface area contributed by atoms with Crippen molar-refractivity contribution < 1.29 is 19.3 Å². The zero-order valence-electron chi connectivity index (χ0n) is 18.5. The third kappa shape index (κ3) is 4.41. The number of rotatable bonds is 4. The summed E-state index contributed by atoms with van der Waals surface area (Å²) < 4.78 is 20.4. The summed E-state index contributed by atoms with van der Waals surface area (Å²) in [5.41, 5.74) is 10.9. The van der Waals surface area contributed by atoms with Crippen molar-refractivity contribution in [3.8, 4) is 11.8 Å². The van der Waals surface area contributed by atoms with Gasteiger partial charge in [0.2, 0.25) is 0 Å². The van der Waals surface area contributed by atoms with Crippen molar-refractivity contribution in [3.63, 3.8) is 0 Å². The second kappa shape index (κ2) is 9.75. The van der Waals surface area contributed by atoms with Gasteiger partial charge in [0.05, 0.1) is 30.0 Å². The molecule has 12 heteroatoms. The molecule has 0 spiro atoms. The van der Waals surface area contributed by atoms with Gasteiger partial charge in [-0.1, -0.05) is 51.4 Å². The van der Waals surface area contributed by atoms with E-state index < -0.39 is 36.7 Å². The molecule has 2 aromatic carbocycles. The first-order valence-electron chi connectivity index (χ1n) is 10.8. The van der Waals surface area contributed by atoms with E-state index in [4.69, 9.17) is 14.2 Å². The van der Waals surface area contributed by atoms with E-state index in [1.165, 1.54) is 4.68 Å². The number of aliphatic hydroxyl groups excluding tert-OH is 1. The van der Waals surface area contributed by atoms with Crippen LogP contribution in [0.3, 0.4) is 0 Å². The van der Waals surface area contributed by atoms with Crippen molar-refractivity contribution in [2.24, 2.45) is 5.11 Å². The first-order valence-corrected chi connectivity index (χ1v) is 11.6. The molecule has 1 aromatic heterocycles. The standard InChI is InChI=1S/C23H20BrN7O4/c1-12-27-22(31(29-12)16-9-15(24)8-7-14(16)10-25)21-19(32)18(28-30-26)20-17(34-21)11-33-23(35-20)13-5-3-2-4-6-13/h2-9,17-21,23,32H,11H2,1H3/t17?,18?,19?,20-,21+,23?/m0/s1. The van der Waals surface area contributed by atoms with E-state index in [9.17, 15) is 15.9 Å². The Morgan fingerprint density at radius 3 is 2.80 bits per heavy atom. The van der Waals surface area contributed by atoms with Gasteiger partial charge in [-0.2, -0.15) is 10.4 Å². The van der Waals surface area contributed by atoms with Gasteiger partial charge in [0.15, 0.2) is 12.1 Å². The SMILES string of the molecule is Cc1nc([C@@H]2OC3COC(c4ccccc4)O[C@@H]3C(N=[N+]=[N-])C2O)n(-c2cc(Br)ccc2C#N)n1. The van der Waals surface area contributed by atoms with Crippen LogP contribution in [0, 0.1) is 18.3 Å². The molecule has 6 atom stereocenters. The average Bonchev–Trinajstić information content (AvgIpc) is 3.27.